The van der Waals surface area contributed by atoms with Crippen molar-refractivity contribution in [2.45, 2.75) is 65.1 Å². The van der Waals surface area contributed by atoms with Crippen molar-refractivity contribution in [3.05, 3.63) is 64.7 Å². The van der Waals surface area contributed by atoms with Gasteiger partial charge in [-0.15, -0.1) is 0 Å². The number of aryl methyl sites for hydroxylation is 2. The van der Waals surface area contributed by atoms with Crippen molar-refractivity contribution in [3.8, 4) is 0 Å². The molecule has 0 saturated carbocycles. The fourth-order valence-corrected chi connectivity index (χ4v) is 4.05. The molecule has 0 aromatic heterocycles. The smallest absolute Gasteiger partial charge is 0.249 e. The topological polar surface area (TPSA) is 125 Å². The number of anilines is 1. The summed E-state index contributed by atoms with van der Waals surface area (Å²) in [6.07, 6.45) is 1.79. The normalized spacial score (nSPS) is 15.1. The Morgan fingerprint density at radius 2 is 1.78 bits per heavy atom. The minimum absolute atomic E-state index is 0.111. The van der Waals surface area contributed by atoms with Crippen LogP contribution in [0.1, 0.15) is 54.4 Å². The number of piperidine rings is 1. The molecule has 190 valence electrons. The second-order valence-electron chi connectivity index (χ2n) is 9.01. The minimum Gasteiger partial charge on any atom is -0.352 e. The first-order valence-electron chi connectivity index (χ1n) is 12.0. The van der Waals surface area contributed by atoms with Crippen molar-refractivity contribution in [1.82, 2.24) is 15.5 Å². The van der Waals surface area contributed by atoms with Crippen LogP contribution in [-0.4, -0.2) is 41.0 Å². The molecule has 0 bridgehead atoms. The molecule has 9 heteroatoms. The molecule has 3 rings (SSSR count). The molecule has 1 atom stereocenters. The standard InChI is InChI=1S/C27H32N4O5/c1-18-9-11-20(12-10-18)15-28-24(33)7-4-8-25(34)29-22-6-3-5-19(2)21(22)16-31(17-32)23-13-14-26(35)30-27(23)36/h3,5-6,9-12,17,23H,4,7-8,13-16H2,1-2H3,(H,28,33)(H,29,34)(H,30,35,36). The minimum atomic E-state index is -0.748. The van der Waals surface area contributed by atoms with Crippen molar-refractivity contribution in [2.24, 2.45) is 0 Å². The number of carbonyl (C=O) groups excluding carboxylic acids is 5. The monoisotopic (exact) mass is 492 g/mol. The summed E-state index contributed by atoms with van der Waals surface area (Å²) in [5.41, 5.74) is 4.27. The lowest BCUT2D eigenvalue weighted by molar-refractivity contribution is -0.141. The highest BCUT2D eigenvalue weighted by atomic mass is 16.2. The maximum atomic E-state index is 12.6. The van der Waals surface area contributed by atoms with Crippen molar-refractivity contribution < 1.29 is 24.0 Å². The Labute approximate surface area is 210 Å². The Bertz CT molecular complexity index is 1130. The molecule has 0 aliphatic carbocycles. The zero-order valence-electron chi connectivity index (χ0n) is 20.6. The Morgan fingerprint density at radius 3 is 2.47 bits per heavy atom. The van der Waals surface area contributed by atoms with Gasteiger partial charge in [-0.2, -0.15) is 0 Å². The summed E-state index contributed by atoms with van der Waals surface area (Å²) in [5.74, 6) is -1.22. The quantitative estimate of drug-likeness (QED) is 0.328. The van der Waals surface area contributed by atoms with Crippen molar-refractivity contribution in [1.29, 1.82) is 0 Å². The second kappa shape index (κ2) is 12.6. The van der Waals surface area contributed by atoms with Crippen LogP contribution in [0.2, 0.25) is 0 Å². The number of imide groups is 1. The van der Waals surface area contributed by atoms with Gasteiger partial charge in [-0.25, -0.2) is 0 Å². The summed E-state index contributed by atoms with van der Waals surface area (Å²) in [6, 6.07) is 12.6. The second-order valence-corrected chi connectivity index (χ2v) is 9.01. The molecule has 2 aromatic rings. The molecule has 1 unspecified atom stereocenters. The third-order valence-electron chi connectivity index (χ3n) is 6.19. The molecule has 36 heavy (non-hydrogen) atoms. The van der Waals surface area contributed by atoms with Crippen molar-refractivity contribution in [2.75, 3.05) is 5.32 Å². The van der Waals surface area contributed by atoms with Crippen LogP contribution in [0.25, 0.3) is 0 Å². The van der Waals surface area contributed by atoms with E-state index in [1.54, 1.807) is 12.1 Å². The molecular weight excluding hydrogens is 460 g/mol. The molecule has 9 nitrogen and oxygen atoms in total. The number of amides is 5. The molecule has 1 saturated heterocycles. The molecule has 3 N–H and O–H groups in total. The van der Waals surface area contributed by atoms with E-state index in [-0.39, 0.29) is 49.9 Å². The summed E-state index contributed by atoms with van der Waals surface area (Å²) in [6.45, 7) is 4.42. The van der Waals surface area contributed by atoms with Gasteiger partial charge in [-0.05, 0) is 49.4 Å². The average Bonchev–Trinajstić information content (AvgIpc) is 2.84. The van der Waals surface area contributed by atoms with Crippen LogP contribution < -0.4 is 16.0 Å². The van der Waals surface area contributed by atoms with Gasteiger partial charge in [0.1, 0.15) is 6.04 Å². The molecule has 1 aliphatic heterocycles. The SMILES string of the molecule is Cc1ccc(CNC(=O)CCCC(=O)Nc2cccc(C)c2CN(C=O)C2CCC(=O)NC2=O)cc1. The molecule has 0 radical (unpaired) electrons. The lowest BCUT2D eigenvalue weighted by atomic mass is 10.0. The number of nitrogens with one attached hydrogen (secondary N) is 3. The van der Waals surface area contributed by atoms with E-state index in [9.17, 15) is 24.0 Å². The summed E-state index contributed by atoms with van der Waals surface area (Å²) in [7, 11) is 0. The Balaban J connectivity index is 1.52. The van der Waals surface area contributed by atoms with Crippen LogP contribution in [0.4, 0.5) is 5.69 Å². The number of hydrogen-bond donors (Lipinski definition) is 3. The number of nitrogens with zero attached hydrogens (tertiary/aromatic N) is 1. The highest BCUT2D eigenvalue weighted by Crippen LogP contribution is 2.24. The fourth-order valence-electron chi connectivity index (χ4n) is 4.05. The van der Waals surface area contributed by atoms with E-state index in [4.69, 9.17) is 0 Å². The van der Waals surface area contributed by atoms with E-state index in [2.05, 4.69) is 16.0 Å². The number of rotatable bonds is 11. The molecule has 5 amide bonds. The first kappa shape index (κ1) is 26.6. The predicted molar refractivity (Wildman–Crippen MR) is 134 cm³/mol. The van der Waals surface area contributed by atoms with E-state index < -0.39 is 11.9 Å². The Hall–Kier alpha value is -4.01. The van der Waals surface area contributed by atoms with Gasteiger partial charge in [0.15, 0.2) is 0 Å². The van der Waals surface area contributed by atoms with Crippen molar-refractivity contribution >= 4 is 35.7 Å². The van der Waals surface area contributed by atoms with Crippen LogP contribution in [0, 0.1) is 13.8 Å². The molecular formula is C27H32N4O5. The van der Waals surface area contributed by atoms with Crippen LogP contribution in [0.15, 0.2) is 42.5 Å². The summed E-state index contributed by atoms with van der Waals surface area (Å²) in [4.78, 5) is 61.5. The Kier molecular flexibility index (Phi) is 9.32. The van der Waals surface area contributed by atoms with Gasteiger partial charge in [0.25, 0.3) is 0 Å². The van der Waals surface area contributed by atoms with Gasteiger partial charge < -0.3 is 15.5 Å². The van der Waals surface area contributed by atoms with Crippen LogP contribution in [0.5, 0.6) is 0 Å². The van der Waals surface area contributed by atoms with Gasteiger partial charge in [0.05, 0.1) is 0 Å². The first-order valence-corrected chi connectivity index (χ1v) is 12.0. The third kappa shape index (κ3) is 7.49. The summed E-state index contributed by atoms with van der Waals surface area (Å²) < 4.78 is 0. The van der Waals surface area contributed by atoms with Gasteiger partial charge in [-0.3, -0.25) is 29.3 Å². The van der Waals surface area contributed by atoms with Crippen molar-refractivity contribution in [3.63, 3.8) is 0 Å². The summed E-state index contributed by atoms with van der Waals surface area (Å²) >= 11 is 0. The zero-order chi connectivity index (χ0) is 26.1. The third-order valence-corrected chi connectivity index (χ3v) is 6.19. The fraction of sp³-hybridized carbons (Fsp3) is 0.370. The first-order chi connectivity index (χ1) is 17.3. The molecule has 1 heterocycles. The molecule has 0 spiro atoms. The highest BCUT2D eigenvalue weighted by molar-refractivity contribution is 6.01. The lowest BCUT2D eigenvalue weighted by Crippen LogP contribution is -2.51. The Morgan fingerprint density at radius 1 is 1.06 bits per heavy atom. The molecule has 2 aromatic carbocycles. The van der Waals surface area contributed by atoms with Gasteiger partial charge in [-0.1, -0.05) is 42.0 Å². The largest absolute Gasteiger partial charge is 0.352 e. The number of hydrogen-bond acceptors (Lipinski definition) is 5. The predicted octanol–water partition coefficient (Wildman–Crippen LogP) is 2.49. The maximum Gasteiger partial charge on any atom is 0.249 e. The number of benzene rings is 2. The van der Waals surface area contributed by atoms with Crippen LogP contribution in [0.3, 0.4) is 0 Å². The van der Waals surface area contributed by atoms with E-state index in [1.807, 2.05) is 44.2 Å². The van der Waals surface area contributed by atoms with E-state index in [1.165, 1.54) is 4.90 Å². The zero-order valence-corrected chi connectivity index (χ0v) is 20.6. The van der Waals surface area contributed by atoms with E-state index >= 15 is 0 Å². The van der Waals surface area contributed by atoms with Crippen LogP contribution in [-0.2, 0) is 37.1 Å². The highest BCUT2D eigenvalue weighted by Gasteiger charge is 2.31. The lowest BCUT2D eigenvalue weighted by Gasteiger charge is -2.31. The molecule has 1 aliphatic rings. The average molecular weight is 493 g/mol. The number of carbonyl (C=O) groups is 5. The van der Waals surface area contributed by atoms with E-state index in [0.29, 0.717) is 30.6 Å². The summed E-state index contributed by atoms with van der Waals surface area (Å²) in [5, 5.41) is 8.00. The van der Waals surface area contributed by atoms with Crippen LogP contribution >= 0.6 is 0 Å². The van der Waals surface area contributed by atoms with Gasteiger partial charge >= 0.3 is 0 Å². The maximum absolute atomic E-state index is 12.6. The molecule has 1 fully saturated rings. The van der Waals surface area contributed by atoms with Gasteiger partial charge in [0, 0.05) is 38.0 Å². The van der Waals surface area contributed by atoms with Gasteiger partial charge in [0.2, 0.25) is 30.0 Å². The van der Waals surface area contributed by atoms with E-state index in [0.717, 1.165) is 16.7 Å².